The van der Waals surface area contributed by atoms with Crippen LogP contribution in [0.5, 0.6) is 0 Å². The van der Waals surface area contributed by atoms with Crippen LogP contribution in [0.3, 0.4) is 0 Å². The van der Waals surface area contributed by atoms with E-state index in [2.05, 4.69) is 27.4 Å². The maximum absolute atomic E-state index is 12.1. The third-order valence-electron chi connectivity index (χ3n) is 6.56. The molecule has 0 radical (unpaired) electrons. The van der Waals surface area contributed by atoms with Crippen LogP contribution in [0.2, 0.25) is 0 Å². The van der Waals surface area contributed by atoms with Gasteiger partial charge in [0.15, 0.2) is 0 Å². The molecule has 25 heavy (non-hydrogen) atoms. The molecule has 5 heteroatoms. The van der Waals surface area contributed by atoms with Gasteiger partial charge in [0.1, 0.15) is 11.9 Å². The molecule has 0 aromatic rings. The number of esters is 2. The van der Waals surface area contributed by atoms with Crippen LogP contribution in [-0.4, -0.2) is 30.4 Å². The third kappa shape index (κ3) is 3.96. The molecule has 3 unspecified atom stereocenters. The smallest absolute Gasteiger partial charge is 0.333 e. The van der Waals surface area contributed by atoms with Crippen LogP contribution in [0.1, 0.15) is 66.2 Å². The second-order valence-electron chi connectivity index (χ2n) is 8.29. The van der Waals surface area contributed by atoms with Crippen LogP contribution in [0, 0.1) is 16.7 Å². The molecular formula is C20H30O5. The van der Waals surface area contributed by atoms with E-state index in [9.17, 15) is 14.4 Å². The molecule has 0 aromatic heterocycles. The SMILES string of the molecule is C=C(C)C(=O)OCCC(=O)CCC(=O)OC1CC2CCC1(C)C2(C)C. The highest BCUT2D eigenvalue weighted by Gasteiger charge is 2.62. The first-order chi connectivity index (χ1) is 11.6. The van der Waals surface area contributed by atoms with Crippen molar-refractivity contribution in [3.63, 3.8) is 0 Å². The molecule has 5 nitrogen and oxygen atoms in total. The Morgan fingerprint density at radius 3 is 2.32 bits per heavy atom. The van der Waals surface area contributed by atoms with Crippen LogP contribution in [0.25, 0.3) is 0 Å². The number of carbonyl (C=O) groups excluding carboxylic acids is 3. The monoisotopic (exact) mass is 350 g/mol. The van der Waals surface area contributed by atoms with E-state index < -0.39 is 5.97 Å². The number of rotatable bonds is 8. The van der Waals surface area contributed by atoms with E-state index >= 15 is 0 Å². The molecule has 0 amide bonds. The summed E-state index contributed by atoms with van der Waals surface area (Å²) in [6.45, 7) is 11.8. The van der Waals surface area contributed by atoms with Crippen LogP contribution in [0.4, 0.5) is 0 Å². The van der Waals surface area contributed by atoms with E-state index in [1.54, 1.807) is 6.92 Å². The van der Waals surface area contributed by atoms with Gasteiger partial charge >= 0.3 is 11.9 Å². The first-order valence-electron chi connectivity index (χ1n) is 9.11. The van der Waals surface area contributed by atoms with Crippen LogP contribution in [-0.2, 0) is 23.9 Å². The molecule has 0 saturated heterocycles. The van der Waals surface area contributed by atoms with Gasteiger partial charge < -0.3 is 9.47 Å². The average molecular weight is 350 g/mol. The maximum atomic E-state index is 12.1. The summed E-state index contributed by atoms with van der Waals surface area (Å²) in [5.74, 6) is -0.299. The van der Waals surface area contributed by atoms with Crippen molar-refractivity contribution in [2.45, 2.75) is 72.3 Å². The molecular weight excluding hydrogens is 320 g/mol. The largest absolute Gasteiger partial charge is 0.462 e. The summed E-state index contributed by atoms with van der Waals surface area (Å²) in [7, 11) is 0. The molecule has 3 atom stereocenters. The van der Waals surface area contributed by atoms with E-state index in [0.29, 0.717) is 11.5 Å². The van der Waals surface area contributed by atoms with Gasteiger partial charge in [0, 0.05) is 23.8 Å². The van der Waals surface area contributed by atoms with Gasteiger partial charge in [-0.25, -0.2) is 4.79 Å². The molecule has 0 aromatic carbocycles. The van der Waals surface area contributed by atoms with Crippen molar-refractivity contribution in [2.24, 2.45) is 16.7 Å². The van der Waals surface area contributed by atoms with Crippen molar-refractivity contribution in [3.05, 3.63) is 12.2 Å². The average Bonchev–Trinajstić information content (AvgIpc) is 2.86. The Morgan fingerprint density at radius 1 is 1.12 bits per heavy atom. The van der Waals surface area contributed by atoms with Crippen molar-refractivity contribution < 1.29 is 23.9 Å². The second kappa shape index (κ2) is 7.30. The van der Waals surface area contributed by atoms with Gasteiger partial charge in [0.25, 0.3) is 0 Å². The van der Waals surface area contributed by atoms with E-state index in [4.69, 9.17) is 9.47 Å². The number of hydrogen-bond acceptors (Lipinski definition) is 5. The number of ether oxygens (including phenoxy) is 2. The van der Waals surface area contributed by atoms with Crippen molar-refractivity contribution in [1.29, 1.82) is 0 Å². The lowest BCUT2D eigenvalue weighted by Crippen LogP contribution is -2.38. The van der Waals surface area contributed by atoms with Gasteiger partial charge in [-0.2, -0.15) is 0 Å². The minimum atomic E-state index is -0.501. The van der Waals surface area contributed by atoms with E-state index in [1.807, 2.05) is 0 Å². The summed E-state index contributed by atoms with van der Waals surface area (Å²) < 4.78 is 10.6. The highest BCUT2D eigenvalue weighted by molar-refractivity contribution is 5.87. The first-order valence-corrected chi connectivity index (χ1v) is 9.11. The van der Waals surface area contributed by atoms with Crippen LogP contribution >= 0.6 is 0 Å². The molecule has 140 valence electrons. The van der Waals surface area contributed by atoms with E-state index in [0.717, 1.165) is 12.8 Å². The van der Waals surface area contributed by atoms with Gasteiger partial charge in [-0.1, -0.05) is 27.4 Å². The summed E-state index contributed by atoms with van der Waals surface area (Å²) in [5, 5.41) is 0. The fourth-order valence-corrected chi connectivity index (χ4v) is 4.27. The zero-order chi connectivity index (χ0) is 18.8. The van der Waals surface area contributed by atoms with Crippen LogP contribution < -0.4 is 0 Å². The minimum absolute atomic E-state index is 0.0239. The number of fused-ring (bicyclic) bond motifs is 2. The van der Waals surface area contributed by atoms with Gasteiger partial charge in [0.2, 0.25) is 0 Å². The van der Waals surface area contributed by atoms with Crippen LogP contribution in [0.15, 0.2) is 12.2 Å². The molecule has 2 saturated carbocycles. The van der Waals surface area contributed by atoms with Gasteiger partial charge in [0.05, 0.1) is 13.0 Å². The van der Waals surface area contributed by atoms with Crippen molar-refractivity contribution in [1.82, 2.24) is 0 Å². The van der Waals surface area contributed by atoms with E-state index in [1.165, 1.54) is 6.42 Å². The summed E-state index contributed by atoms with van der Waals surface area (Å²) in [6, 6.07) is 0. The predicted octanol–water partition coefficient (Wildman–Crippen LogP) is 3.60. The lowest BCUT2D eigenvalue weighted by atomic mass is 9.70. The maximum Gasteiger partial charge on any atom is 0.333 e. The third-order valence-corrected chi connectivity index (χ3v) is 6.56. The Balaban J connectivity index is 1.70. The first kappa shape index (κ1) is 19.7. The molecule has 2 aliphatic rings. The molecule has 2 bridgehead atoms. The molecule has 0 heterocycles. The molecule has 2 fully saturated rings. The summed E-state index contributed by atoms with van der Waals surface area (Å²) in [4.78, 5) is 35.2. The Labute approximate surface area is 150 Å². The zero-order valence-electron chi connectivity index (χ0n) is 15.9. The molecule has 2 rings (SSSR count). The highest BCUT2D eigenvalue weighted by Crippen LogP contribution is 2.66. The topological polar surface area (TPSA) is 69.7 Å². The Bertz CT molecular complexity index is 577. The fraction of sp³-hybridized carbons (Fsp3) is 0.750. The normalized spacial score (nSPS) is 29.3. The minimum Gasteiger partial charge on any atom is -0.462 e. The fourth-order valence-electron chi connectivity index (χ4n) is 4.27. The Morgan fingerprint density at radius 2 is 1.80 bits per heavy atom. The second-order valence-corrected chi connectivity index (χ2v) is 8.29. The number of Topliss-reactive ketones (excluding diaryl/α,β-unsaturated/α-hetero) is 1. The lowest BCUT2D eigenvalue weighted by molar-refractivity contribution is -0.157. The van der Waals surface area contributed by atoms with Gasteiger partial charge in [-0.05, 0) is 37.5 Å². The Hall–Kier alpha value is -1.65. The summed E-state index contributed by atoms with van der Waals surface area (Å²) >= 11 is 0. The zero-order valence-corrected chi connectivity index (χ0v) is 15.9. The molecule has 0 spiro atoms. The molecule has 0 N–H and O–H groups in total. The molecule has 0 aliphatic heterocycles. The standard InChI is InChI=1S/C20H30O5/c1-13(2)18(23)24-11-9-15(21)6-7-17(22)25-16-12-14-8-10-20(16,5)19(14,3)4/h14,16H,1,6-12H2,2-5H3. The summed E-state index contributed by atoms with van der Waals surface area (Å²) in [6.07, 6.45) is 3.52. The van der Waals surface area contributed by atoms with Crippen molar-refractivity contribution >= 4 is 17.7 Å². The number of ketones is 1. The Kier molecular flexibility index (Phi) is 5.75. The summed E-state index contributed by atoms with van der Waals surface area (Å²) in [5.41, 5.74) is 0.535. The van der Waals surface area contributed by atoms with Crippen molar-refractivity contribution in [3.8, 4) is 0 Å². The van der Waals surface area contributed by atoms with E-state index in [-0.39, 0.29) is 54.6 Å². The quantitative estimate of drug-likeness (QED) is 0.494. The van der Waals surface area contributed by atoms with Crippen molar-refractivity contribution in [2.75, 3.05) is 6.61 Å². The predicted molar refractivity (Wildman–Crippen MR) is 93.7 cm³/mol. The molecule has 2 aliphatic carbocycles. The number of carbonyl (C=O) groups is 3. The lowest BCUT2D eigenvalue weighted by Gasteiger charge is -2.38. The highest BCUT2D eigenvalue weighted by atomic mass is 16.5. The van der Waals surface area contributed by atoms with Gasteiger partial charge in [-0.15, -0.1) is 0 Å². The number of hydrogen-bond donors (Lipinski definition) is 0. The van der Waals surface area contributed by atoms with Gasteiger partial charge in [-0.3, -0.25) is 9.59 Å².